The summed E-state index contributed by atoms with van der Waals surface area (Å²) in [7, 11) is 1.54. The van der Waals surface area contributed by atoms with Crippen LogP contribution in [0.15, 0.2) is 77.6 Å². The van der Waals surface area contributed by atoms with Crippen LogP contribution < -0.4 is 25.6 Å². The van der Waals surface area contributed by atoms with Gasteiger partial charge in [0, 0.05) is 18.7 Å². The molecule has 184 valence electrons. The second kappa shape index (κ2) is 8.83. The highest BCUT2D eigenvalue weighted by Crippen LogP contribution is 2.34. The van der Waals surface area contributed by atoms with Gasteiger partial charge in [-0.15, -0.1) is 0 Å². The number of fused-ring (bicyclic) bond motifs is 2. The number of nitrogens with zero attached hydrogens (tertiary/aromatic N) is 4. The number of carbonyl (C=O) groups is 1. The third-order valence-electron chi connectivity index (χ3n) is 6.10. The Bertz CT molecular complexity index is 1710. The molecular formula is C27H21N5O5. The van der Waals surface area contributed by atoms with Gasteiger partial charge in [0.15, 0.2) is 28.7 Å². The summed E-state index contributed by atoms with van der Waals surface area (Å²) in [6.45, 7) is 0.534. The Labute approximate surface area is 210 Å². The lowest BCUT2D eigenvalue weighted by Gasteiger charge is -2.09. The molecule has 10 nitrogen and oxygen atoms in total. The normalized spacial score (nSPS) is 12.1. The molecule has 10 heteroatoms. The number of benzene rings is 3. The van der Waals surface area contributed by atoms with E-state index < -0.39 is 11.6 Å². The molecular weight excluding hydrogens is 474 g/mol. The van der Waals surface area contributed by atoms with E-state index in [9.17, 15) is 9.59 Å². The van der Waals surface area contributed by atoms with Crippen LogP contribution in [0.2, 0.25) is 0 Å². The third-order valence-corrected chi connectivity index (χ3v) is 6.10. The molecule has 0 saturated carbocycles. The van der Waals surface area contributed by atoms with Crippen LogP contribution >= 0.6 is 0 Å². The molecule has 0 spiro atoms. The van der Waals surface area contributed by atoms with Gasteiger partial charge in [0.1, 0.15) is 17.9 Å². The summed E-state index contributed by atoms with van der Waals surface area (Å²) < 4.78 is 19.4. The van der Waals surface area contributed by atoms with Gasteiger partial charge in [0.05, 0.1) is 5.69 Å². The molecule has 0 radical (unpaired) electrons. The van der Waals surface area contributed by atoms with E-state index in [4.69, 9.17) is 19.9 Å². The largest absolute Gasteiger partial charge is 0.489 e. The summed E-state index contributed by atoms with van der Waals surface area (Å²) in [5.74, 6) is 1.24. The highest BCUT2D eigenvalue weighted by molar-refractivity contribution is 6.02. The van der Waals surface area contributed by atoms with Crippen molar-refractivity contribution in [3.05, 3.63) is 94.5 Å². The maximum absolute atomic E-state index is 13.3. The van der Waals surface area contributed by atoms with E-state index in [-0.39, 0.29) is 29.5 Å². The number of aryl methyl sites for hydroxylation is 1. The van der Waals surface area contributed by atoms with Crippen molar-refractivity contribution >= 4 is 17.1 Å². The van der Waals surface area contributed by atoms with Crippen LogP contribution in [-0.2, 0) is 13.7 Å². The van der Waals surface area contributed by atoms with E-state index in [1.54, 1.807) is 49.5 Å². The number of hydrogen-bond acceptors (Lipinski definition) is 7. The van der Waals surface area contributed by atoms with Gasteiger partial charge in [0.2, 0.25) is 6.79 Å². The molecule has 5 aromatic rings. The highest BCUT2D eigenvalue weighted by atomic mass is 16.7. The maximum Gasteiger partial charge on any atom is 0.334 e. The summed E-state index contributed by atoms with van der Waals surface area (Å²) in [6, 6.07) is 22.1. The maximum atomic E-state index is 13.3. The fourth-order valence-corrected chi connectivity index (χ4v) is 4.24. The van der Waals surface area contributed by atoms with Gasteiger partial charge in [0.25, 0.3) is 5.91 Å². The molecule has 1 aliphatic heterocycles. The number of rotatable bonds is 6. The van der Waals surface area contributed by atoms with E-state index in [2.05, 4.69) is 9.97 Å². The zero-order valence-corrected chi connectivity index (χ0v) is 19.7. The lowest BCUT2D eigenvalue weighted by molar-refractivity contribution is 0.0997. The smallest absolute Gasteiger partial charge is 0.334 e. The van der Waals surface area contributed by atoms with Gasteiger partial charge in [-0.3, -0.25) is 9.36 Å². The Balaban J connectivity index is 1.43. The predicted octanol–water partition coefficient (Wildman–Crippen LogP) is 3.19. The summed E-state index contributed by atoms with van der Waals surface area (Å²) >= 11 is 0. The van der Waals surface area contributed by atoms with E-state index in [0.717, 1.165) is 5.56 Å². The molecule has 0 fully saturated rings. The standard InChI is InChI=1S/C27H21N5O5/c1-31-23-22(24(28)33)29-25(17-7-10-19(11-8-17)35-14-16-5-3-2-4-6-16)30-26(23)32(27(31)34)18-9-12-20-21(13-18)37-15-36-20/h2-13H,14-15H2,1H3,(H2,28,33). The van der Waals surface area contributed by atoms with Gasteiger partial charge >= 0.3 is 5.69 Å². The van der Waals surface area contributed by atoms with Gasteiger partial charge in [-0.2, -0.15) is 0 Å². The number of hydrogen-bond donors (Lipinski definition) is 1. The fraction of sp³-hybridized carbons (Fsp3) is 0.111. The Kier molecular flexibility index (Phi) is 5.33. The minimum atomic E-state index is -0.769. The first kappa shape index (κ1) is 22.4. The fourth-order valence-electron chi connectivity index (χ4n) is 4.24. The molecule has 3 heterocycles. The van der Waals surface area contributed by atoms with Crippen LogP contribution in [-0.4, -0.2) is 31.8 Å². The molecule has 1 aliphatic rings. The van der Waals surface area contributed by atoms with Gasteiger partial charge in [-0.05, 0) is 42.0 Å². The first-order chi connectivity index (χ1) is 18.0. The first-order valence-electron chi connectivity index (χ1n) is 11.5. The average molecular weight is 495 g/mol. The van der Waals surface area contributed by atoms with Crippen LogP contribution in [0.25, 0.3) is 28.2 Å². The van der Waals surface area contributed by atoms with Crippen molar-refractivity contribution < 1.29 is 19.0 Å². The van der Waals surface area contributed by atoms with Gasteiger partial charge < -0.3 is 19.9 Å². The van der Waals surface area contributed by atoms with Crippen LogP contribution in [0.3, 0.4) is 0 Å². The predicted molar refractivity (Wildman–Crippen MR) is 135 cm³/mol. The van der Waals surface area contributed by atoms with E-state index in [0.29, 0.717) is 35.1 Å². The zero-order valence-electron chi connectivity index (χ0n) is 19.7. The van der Waals surface area contributed by atoms with Crippen LogP contribution in [0, 0.1) is 0 Å². The van der Waals surface area contributed by atoms with Crippen molar-refractivity contribution in [1.82, 2.24) is 19.1 Å². The Morgan fingerprint density at radius 3 is 2.51 bits per heavy atom. The summed E-state index contributed by atoms with van der Waals surface area (Å²) in [6.07, 6.45) is 0. The number of carbonyl (C=O) groups excluding carboxylic acids is 1. The van der Waals surface area contributed by atoms with Crippen molar-refractivity contribution in [2.75, 3.05) is 6.79 Å². The molecule has 0 aliphatic carbocycles. The molecule has 0 unspecified atom stereocenters. The number of amides is 1. The number of imidazole rings is 1. The number of nitrogens with two attached hydrogens (primary N) is 1. The second-order valence-corrected chi connectivity index (χ2v) is 8.45. The lowest BCUT2D eigenvalue weighted by Crippen LogP contribution is -2.21. The topological polar surface area (TPSA) is 123 Å². The molecule has 0 bridgehead atoms. The quantitative estimate of drug-likeness (QED) is 0.384. The molecule has 6 rings (SSSR count). The average Bonchev–Trinajstić information content (AvgIpc) is 3.49. The summed E-state index contributed by atoms with van der Waals surface area (Å²) in [5.41, 5.74) is 7.88. The third kappa shape index (κ3) is 3.94. The van der Waals surface area contributed by atoms with E-state index in [1.807, 2.05) is 30.3 Å². The molecule has 0 saturated heterocycles. The summed E-state index contributed by atoms with van der Waals surface area (Å²) in [4.78, 5) is 34.7. The molecule has 3 aromatic carbocycles. The minimum absolute atomic E-state index is 0.0523. The Morgan fingerprint density at radius 1 is 1.00 bits per heavy atom. The Hall–Kier alpha value is -5.12. The van der Waals surface area contributed by atoms with Crippen molar-refractivity contribution in [1.29, 1.82) is 0 Å². The van der Waals surface area contributed by atoms with E-state index in [1.165, 1.54) is 9.13 Å². The zero-order chi connectivity index (χ0) is 25.5. The van der Waals surface area contributed by atoms with Gasteiger partial charge in [-0.1, -0.05) is 30.3 Å². The van der Waals surface area contributed by atoms with Crippen LogP contribution in [0.4, 0.5) is 0 Å². The Morgan fingerprint density at radius 2 is 1.76 bits per heavy atom. The monoisotopic (exact) mass is 495 g/mol. The van der Waals surface area contributed by atoms with Crippen molar-refractivity contribution in [3.8, 4) is 34.3 Å². The minimum Gasteiger partial charge on any atom is -0.489 e. The second-order valence-electron chi connectivity index (χ2n) is 8.45. The molecule has 2 aromatic heterocycles. The van der Waals surface area contributed by atoms with E-state index >= 15 is 0 Å². The number of aromatic nitrogens is 4. The van der Waals surface area contributed by atoms with Crippen LogP contribution in [0.5, 0.6) is 17.2 Å². The highest BCUT2D eigenvalue weighted by Gasteiger charge is 2.24. The molecule has 2 N–H and O–H groups in total. The molecule has 0 atom stereocenters. The SMILES string of the molecule is Cn1c(=O)n(-c2ccc3c(c2)OCO3)c2nc(-c3ccc(OCc4ccccc4)cc3)nc(C(N)=O)c21. The van der Waals surface area contributed by atoms with Crippen molar-refractivity contribution in [3.63, 3.8) is 0 Å². The number of ether oxygens (including phenoxy) is 3. The lowest BCUT2D eigenvalue weighted by atomic mass is 10.2. The molecule has 1 amide bonds. The number of primary amides is 1. The van der Waals surface area contributed by atoms with Gasteiger partial charge in [-0.25, -0.2) is 19.3 Å². The first-order valence-corrected chi connectivity index (χ1v) is 11.5. The summed E-state index contributed by atoms with van der Waals surface area (Å²) in [5, 5.41) is 0. The van der Waals surface area contributed by atoms with Crippen molar-refractivity contribution in [2.24, 2.45) is 12.8 Å². The molecule has 37 heavy (non-hydrogen) atoms. The van der Waals surface area contributed by atoms with Crippen molar-refractivity contribution in [2.45, 2.75) is 6.61 Å². The van der Waals surface area contributed by atoms with Crippen LogP contribution in [0.1, 0.15) is 16.1 Å².